The fraction of sp³-hybridized carbons (Fsp3) is 0.286. The number of methoxy groups -OCH3 is 1. The highest BCUT2D eigenvalue weighted by Crippen LogP contribution is 2.21. The molecular formula is C21H24N2O4. The first kappa shape index (κ1) is 20.2. The van der Waals surface area contributed by atoms with Crippen molar-refractivity contribution in [3.05, 3.63) is 59.2 Å². The summed E-state index contributed by atoms with van der Waals surface area (Å²) in [5, 5.41) is 5.61. The number of amides is 2. The van der Waals surface area contributed by atoms with Crippen molar-refractivity contribution in [1.82, 2.24) is 0 Å². The Hall–Kier alpha value is -3.15. The minimum absolute atomic E-state index is 0.102. The smallest absolute Gasteiger partial charge is 0.338 e. The predicted octanol–water partition coefficient (Wildman–Crippen LogP) is 4.02. The van der Waals surface area contributed by atoms with Crippen LogP contribution in [0.1, 0.15) is 47.1 Å². The van der Waals surface area contributed by atoms with Crippen LogP contribution in [0.25, 0.3) is 0 Å². The van der Waals surface area contributed by atoms with Crippen LogP contribution in [-0.2, 0) is 9.53 Å². The molecular weight excluding hydrogens is 344 g/mol. The maximum absolute atomic E-state index is 12.5. The summed E-state index contributed by atoms with van der Waals surface area (Å²) in [5.74, 6) is -0.869. The molecule has 0 aliphatic rings. The lowest BCUT2D eigenvalue weighted by Crippen LogP contribution is -2.27. The van der Waals surface area contributed by atoms with Crippen molar-refractivity contribution in [1.29, 1.82) is 0 Å². The Morgan fingerprint density at radius 1 is 0.926 bits per heavy atom. The van der Waals surface area contributed by atoms with Crippen molar-refractivity contribution in [2.45, 2.75) is 27.7 Å². The van der Waals surface area contributed by atoms with Crippen molar-refractivity contribution < 1.29 is 19.1 Å². The van der Waals surface area contributed by atoms with E-state index in [1.165, 1.54) is 7.11 Å². The van der Waals surface area contributed by atoms with Gasteiger partial charge in [-0.05, 0) is 48.9 Å². The largest absolute Gasteiger partial charge is 0.465 e. The van der Waals surface area contributed by atoms with Crippen molar-refractivity contribution in [2.24, 2.45) is 5.41 Å². The van der Waals surface area contributed by atoms with Crippen LogP contribution in [-0.4, -0.2) is 24.9 Å². The van der Waals surface area contributed by atoms with Gasteiger partial charge in [0.25, 0.3) is 5.91 Å². The number of nitrogens with one attached hydrogen (secondary N) is 2. The SMILES string of the molecule is COC(=O)c1cccc(NC(=O)c2ccc(NC(=O)C(C)(C)C)cc2)c1C. The van der Waals surface area contributed by atoms with Gasteiger partial charge in [-0.25, -0.2) is 4.79 Å². The topological polar surface area (TPSA) is 84.5 Å². The van der Waals surface area contributed by atoms with Crippen LogP contribution in [0.15, 0.2) is 42.5 Å². The second-order valence-corrected chi connectivity index (χ2v) is 7.21. The van der Waals surface area contributed by atoms with Gasteiger partial charge in [-0.3, -0.25) is 9.59 Å². The second-order valence-electron chi connectivity index (χ2n) is 7.21. The molecule has 2 aromatic rings. The average Bonchev–Trinajstić information content (AvgIpc) is 2.62. The molecule has 0 aliphatic carbocycles. The molecule has 6 nitrogen and oxygen atoms in total. The van der Waals surface area contributed by atoms with Gasteiger partial charge in [0.05, 0.1) is 12.7 Å². The van der Waals surface area contributed by atoms with Gasteiger partial charge in [0.15, 0.2) is 0 Å². The van der Waals surface area contributed by atoms with E-state index in [1.807, 2.05) is 20.8 Å². The first-order valence-electron chi connectivity index (χ1n) is 8.54. The van der Waals surface area contributed by atoms with Crippen LogP contribution in [0.3, 0.4) is 0 Å². The highest BCUT2D eigenvalue weighted by molar-refractivity contribution is 6.06. The third kappa shape index (κ3) is 4.94. The molecule has 142 valence electrons. The second kappa shape index (κ2) is 8.03. The van der Waals surface area contributed by atoms with E-state index >= 15 is 0 Å². The van der Waals surface area contributed by atoms with E-state index in [0.29, 0.717) is 28.1 Å². The normalized spacial score (nSPS) is 10.9. The van der Waals surface area contributed by atoms with Crippen molar-refractivity contribution in [3.63, 3.8) is 0 Å². The minimum Gasteiger partial charge on any atom is -0.465 e. The zero-order valence-electron chi connectivity index (χ0n) is 16.2. The number of carbonyl (C=O) groups is 3. The molecule has 2 N–H and O–H groups in total. The fourth-order valence-corrected chi connectivity index (χ4v) is 2.32. The Balaban J connectivity index is 2.13. The molecule has 6 heteroatoms. The van der Waals surface area contributed by atoms with Gasteiger partial charge in [-0.15, -0.1) is 0 Å². The summed E-state index contributed by atoms with van der Waals surface area (Å²) in [6, 6.07) is 11.7. The Kier molecular flexibility index (Phi) is 6.00. The molecule has 0 atom stereocenters. The number of esters is 1. The molecule has 0 radical (unpaired) electrons. The summed E-state index contributed by atoms with van der Waals surface area (Å²) in [6.45, 7) is 7.23. The molecule has 0 saturated carbocycles. The van der Waals surface area contributed by atoms with E-state index in [2.05, 4.69) is 10.6 Å². The highest BCUT2D eigenvalue weighted by Gasteiger charge is 2.21. The lowest BCUT2D eigenvalue weighted by Gasteiger charge is -2.17. The van der Waals surface area contributed by atoms with Crippen LogP contribution in [0.2, 0.25) is 0 Å². The lowest BCUT2D eigenvalue weighted by molar-refractivity contribution is -0.123. The quantitative estimate of drug-likeness (QED) is 0.799. The fourth-order valence-electron chi connectivity index (χ4n) is 2.32. The number of hydrogen-bond acceptors (Lipinski definition) is 4. The zero-order chi connectivity index (χ0) is 20.2. The standard InChI is InChI=1S/C21H24N2O4/c1-13-16(19(25)27-5)7-6-8-17(13)23-18(24)14-9-11-15(12-10-14)22-20(26)21(2,3)4/h6-12H,1-5H3,(H,22,26)(H,23,24). The number of benzene rings is 2. The van der Waals surface area contributed by atoms with Crippen LogP contribution in [0.4, 0.5) is 11.4 Å². The summed E-state index contributed by atoms with van der Waals surface area (Å²) in [5.41, 5.74) is 2.12. The number of carbonyl (C=O) groups excluding carboxylic acids is 3. The van der Waals surface area contributed by atoms with E-state index in [1.54, 1.807) is 49.4 Å². The van der Waals surface area contributed by atoms with Crippen LogP contribution >= 0.6 is 0 Å². The summed E-state index contributed by atoms with van der Waals surface area (Å²) in [4.78, 5) is 36.3. The molecule has 0 bridgehead atoms. The Morgan fingerprint density at radius 2 is 1.56 bits per heavy atom. The van der Waals surface area contributed by atoms with Gasteiger partial charge in [0.2, 0.25) is 5.91 Å². The van der Waals surface area contributed by atoms with E-state index < -0.39 is 11.4 Å². The van der Waals surface area contributed by atoms with Crippen molar-refractivity contribution in [3.8, 4) is 0 Å². The maximum Gasteiger partial charge on any atom is 0.338 e. The summed E-state index contributed by atoms with van der Waals surface area (Å²) in [6.07, 6.45) is 0. The van der Waals surface area contributed by atoms with Gasteiger partial charge >= 0.3 is 5.97 Å². The van der Waals surface area contributed by atoms with Gasteiger partial charge in [-0.1, -0.05) is 26.8 Å². The molecule has 2 rings (SSSR count). The first-order valence-corrected chi connectivity index (χ1v) is 8.54. The summed E-state index contributed by atoms with van der Waals surface area (Å²) < 4.78 is 4.74. The van der Waals surface area contributed by atoms with Gasteiger partial charge in [0.1, 0.15) is 0 Å². The molecule has 2 amide bonds. The zero-order valence-corrected chi connectivity index (χ0v) is 16.2. The molecule has 0 unspecified atom stereocenters. The third-order valence-corrected chi connectivity index (χ3v) is 4.07. The van der Waals surface area contributed by atoms with Crippen molar-refractivity contribution >= 4 is 29.2 Å². The summed E-state index contributed by atoms with van der Waals surface area (Å²) >= 11 is 0. The van der Waals surface area contributed by atoms with E-state index in [-0.39, 0.29) is 11.8 Å². The molecule has 27 heavy (non-hydrogen) atoms. The number of rotatable bonds is 4. The minimum atomic E-state index is -0.502. The van der Waals surface area contributed by atoms with Crippen molar-refractivity contribution in [2.75, 3.05) is 17.7 Å². The Labute approximate surface area is 158 Å². The highest BCUT2D eigenvalue weighted by atomic mass is 16.5. The molecule has 0 aliphatic heterocycles. The molecule has 0 spiro atoms. The monoisotopic (exact) mass is 368 g/mol. The van der Waals surface area contributed by atoms with Gasteiger partial charge in [-0.2, -0.15) is 0 Å². The number of hydrogen-bond donors (Lipinski definition) is 2. The maximum atomic E-state index is 12.5. The molecule has 0 saturated heterocycles. The Morgan fingerprint density at radius 3 is 2.11 bits per heavy atom. The number of ether oxygens (including phenoxy) is 1. The lowest BCUT2D eigenvalue weighted by atomic mass is 9.95. The molecule has 0 aromatic heterocycles. The van der Waals surface area contributed by atoms with Crippen LogP contribution in [0.5, 0.6) is 0 Å². The molecule has 2 aromatic carbocycles. The molecule has 0 fully saturated rings. The van der Waals surface area contributed by atoms with Gasteiger partial charge < -0.3 is 15.4 Å². The van der Waals surface area contributed by atoms with Crippen LogP contribution in [0, 0.1) is 12.3 Å². The van der Waals surface area contributed by atoms with E-state index in [0.717, 1.165) is 0 Å². The summed E-state index contributed by atoms with van der Waals surface area (Å²) in [7, 11) is 1.31. The van der Waals surface area contributed by atoms with E-state index in [9.17, 15) is 14.4 Å². The first-order chi connectivity index (χ1) is 12.6. The Bertz CT molecular complexity index is 865. The predicted molar refractivity (Wildman–Crippen MR) is 105 cm³/mol. The number of anilines is 2. The molecule has 0 heterocycles. The van der Waals surface area contributed by atoms with Crippen LogP contribution < -0.4 is 10.6 Å². The van der Waals surface area contributed by atoms with E-state index in [4.69, 9.17) is 4.74 Å². The third-order valence-electron chi connectivity index (χ3n) is 4.07. The van der Waals surface area contributed by atoms with Gasteiger partial charge in [0, 0.05) is 22.4 Å². The average molecular weight is 368 g/mol.